The zero-order chi connectivity index (χ0) is 15.2. The average molecular weight is 293 g/mol. The lowest BCUT2D eigenvalue weighted by Gasteiger charge is -2.10. The summed E-state index contributed by atoms with van der Waals surface area (Å²) >= 11 is 0. The van der Waals surface area contributed by atoms with Crippen molar-refractivity contribution in [1.82, 2.24) is 5.32 Å². The standard InChI is InChI=1S/C13H15F4NO2/c1-2-20-12(19)5-6-18-8-9-3-4-10(7-11(9)14)13(15,16)17/h3-4,7,18H,2,5-6,8H2,1H3. The Morgan fingerprint density at radius 2 is 2.05 bits per heavy atom. The first kappa shape index (κ1) is 16.4. The van der Waals surface area contributed by atoms with Crippen LogP contribution in [0.25, 0.3) is 0 Å². The summed E-state index contributed by atoms with van der Waals surface area (Å²) in [5, 5.41) is 2.77. The molecule has 0 radical (unpaired) electrons. The minimum Gasteiger partial charge on any atom is -0.466 e. The average Bonchev–Trinajstić information content (AvgIpc) is 2.35. The van der Waals surface area contributed by atoms with Gasteiger partial charge in [-0.3, -0.25) is 4.79 Å². The summed E-state index contributed by atoms with van der Waals surface area (Å²) in [4.78, 5) is 11.0. The van der Waals surface area contributed by atoms with Crippen LogP contribution >= 0.6 is 0 Å². The van der Waals surface area contributed by atoms with E-state index in [1.807, 2.05) is 0 Å². The first-order valence-corrected chi connectivity index (χ1v) is 6.06. The number of hydrogen-bond acceptors (Lipinski definition) is 3. The Morgan fingerprint density at radius 1 is 1.35 bits per heavy atom. The maximum absolute atomic E-state index is 13.5. The molecule has 1 rings (SSSR count). The second kappa shape index (κ2) is 7.23. The van der Waals surface area contributed by atoms with E-state index < -0.39 is 17.6 Å². The first-order valence-electron chi connectivity index (χ1n) is 6.06. The highest BCUT2D eigenvalue weighted by Gasteiger charge is 2.31. The molecule has 0 spiro atoms. The van der Waals surface area contributed by atoms with Crippen LogP contribution in [0.5, 0.6) is 0 Å². The van der Waals surface area contributed by atoms with Gasteiger partial charge in [0, 0.05) is 18.7 Å². The second-order valence-electron chi connectivity index (χ2n) is 4.04. The largest absolute Gasteiger partial charge is 0.466 e. The summed E-state index contributed by atoms with van der Waals surface area (Å²) in [6, 6.07) is 2.36. The number of carbonyl (C=O) groups excluding carboxylic acids is 1. The summed E-state index contributed by atoms with van der Waals surface area (Å²) in [5.74, 6) is -1.31. The van der Waals surface area contributed by atoms with Crippen molar-refractivity contribution < 1.29 is 27.1 Å². The van der Waals surface area contributed by atoms with Gasteiger partial charge in [-0.2, -0.15) is 13.2 Å². The lowest BCUT2D eigenvalue weighted by atomic mass is 10.1. The van der Waals surface area contributed by atoms with E-state index in [1.54, 1.807) is 6.92 Å². The van der Waals surface area contributed by atoms with Gasteiger partial charge in [0.2, 0.25) is 0 Å². The van der Waals surface area contributed by atoms with Crippen molar-refractivity contribution in [2.24, 2.45) is 0 Å². The molecule has 3 nitrogen and oxygen atoms in total. The highest BCUT2D eigenvalue weighted by Crippen LogP contribution is 2.30. The Morgan fingerprint density at radius 3 is 2.60 bits per heavy atom. The molecule has 0 saturated carbocycles. The number of carbonyl (C=O) groups is 1. The molecule has 0 heterocycles. The first-order chi connectivity index (χ1) is 9.34. The third-order valence-corrected chi connectivity index (χ3v) is 2.51. The summed E-state index contributed by atoms with van der Waals surface area (Å²) in [7, 11) is 0. The maximum Gasteiger partial charge on any atom is 0.416 e. The van der Waals surface area contributed by atoms with Crippen LogP contribution in [0.15, 0.2) is 18.2 Å². The van der Waals surface area contributed by atoms with E-state index in [-0.39, 0.29) is 37.6 Å². The van der Waals surface area contributed by atoms with Gasteiger partial charge in [0.05, 0.1) is 18.6 Å². The summed E-state index contributed by atoms with van der Waals surface area (Å²) in [6.45, 7) is 2.28. The van der Waals surface area contributed by atoms with E-state index in [2.05, 4.69) is 5.32 Å². The summed E-state index contributed by atoms with van der Waals surface area (Å²) < 4.78 is 55.2. The highest BCUT2D eigenvalue weighted by atomic mass is 19.4. The number of rotatable bonds is 6. The summed E-state index contributed by atoms with van der Waals surface area (Å²) in [5.41, 5.74) is -0.910. The van der Waals surface area contributed by atoms with Crippen molar-refractivity contribution in [3.63, 3.8) is 0 Å². The van der Waals surface area contributed by atoms with Crippen LogP contribution in [0.4, 0.5) is 17.6 Å². The van der Waals surface area contributed by atoms with E-state index in [0.717, 1.165) is 12.1 Å². The Balaban J connectivity index is 2.47. The van der Waals surface area contributed by atoms with Gasteiger partial charge in [0.25, 0.3) is 0 Å². The predicted molar refractivity (Wildman–Crippen MR) is 64.4 cm³/mol. The minimum atomic E-state index is -4.56. The number of nitrogens with one attached hydrogen (secondary N) is 1. The Hall–Kier alpha value is -1.63. The fourth-order valence-corrected chi connectivity index (χ4v) is 1.51. The van der Waals surface area contributed by atoms with Crippen LogP contribution < -0.4 is 5.32 Å². The highest BCUT2D eigenvalue weighted by molar-refractivity contribution is 5.69. The van der Waals surface area contributed by atoms with Crippen LogP contribution in [-0.4, -0.2) is 19.1 Å². The van der Waals surface area contributed by atoms with E-state index in [0.29, 0.717) is 6.07 Å². The normalized spacial score (nSPS) is 11.4. The molecule has 0 aliphatic heterocycles. The van der Waals surface area contributed by atoms with Gasteiger partial charge >= 0.3 is 12.1 Å². The van der Waals surface area contributed by atoms with E-state index >= 15 is 0 Å². The number of alkyl halides is 3. The van der Waals surface area contributed by atoms with Crippen molar-refractivity contribution in [1.29, 1.82) is 0 Å². The predicted octanol–water partition coefficient (Wildman–Crippen LogP) is 2.89. The van der Waals surface area contributed by atoms with Crippen LogP contribution in [0, 0.1) is 5.82 Å². The monoisotopic (exact) mass is 293 g/mol. The number of ether oxygens (including phenoxy) is 1. The van der Waals surface area contributed by atoms with Gasteiger partial charge in [-0.1, -0.05) is 6.07 Å². The molecule has 1 N–H and O–H groups in total. The van der Waals surface area contributed by atoms with E-state index in [4.69, 9.17) is 4.74 Å². The Bertz CT molecular complexity index is 460. The van der Waals surface area contributed by atoms with Crippen molar-refractivity contribution in [3.05, 3.63) is 35.1 Å². The molecule has 0 aromatic heterocycles. The smallest absolute Gasteiger partial charge is 0.416 e. The molecule has 1 aromatic rings. The van der Waals surface area contributed by atoms with E-state index in [9.17, 15) is 22.4 Å². The molecular weight excluding hydrogens is 278 g/mol. The Labute approximate surface area is 113 Å². The van der Waals surface area contributed by atoms with E-state index in [1.165, 1.54) is 0 Å². The van der Waals surface area contributed by atoms with Crippen LogP contribution in [0.3, 0.4) is 0 Å². The van der Waals surface area contributed by atoms with Gasteiger partial charge < -0.3 is 10.1 Å². The van der Waals surface area contributed by atoms with Crippen molar-refractivity contribution in [3.8, 4) is 0 Å². The zero-order valence-corrected chi connectivity index (χ0v) is 10.9. The van der Waals surface area contributed by atoms with Crippen molar-refractivity contribution in [2.75, 3.05) is 13.2 Å². The minimum absolute atomic E-state index is 0.0450. The molecule has 7 heteroatoms. The number of esters is 1. The molecule has 0 atom stereocenters. The quantitative estimate of drug-likeness (QED) is 0.498. The third-order valence-electron chi connectivity index (χ3n) is 2.51. The fraction of sp³-hybridized carbons (Fsp3) is 0.462. The molecule has 0 amide bonds. The van der Waals surface area contributed by atoms with Gasteiger partial charge in [0.1, 0.15) is 5.82 Å². The number of benzene rings is 1. The second-order valence-corrected chi connectivity index (χ2v) is 4.04. The zero-order valence-electron chi connectivity index (χ0n) is 10.9. The molecule has 1 aromatic carbocycles. The fourth-order valence-electron chi connectivity index (χ4n) is 1.51. The third kappa shape index (κ3) is 5.16. The van der Waals surface area contributed by atoms with Crippen LogP contribution in [0.2, 0.25) is 0 Å². The van der Waals surface area contributed by atoms with Gasteiger partial charge in [0.15, 0.2) is 0 Å². The molecule has 0 aliphatic rings. The maximum atomic E-state index is 13.5. The lowest BCUT2D eigenvalue weighted by molar-refractivity contribution is -0.143. The lowest BCUT2D eigenvalue weighted by Crippen LogP contribution is -2.19. The molecule has 0 unspecified atom stereocenters. The number of halogens is 4. The summed E-state index contributed by atoms with van der Waals surface area (Å²) in [6.07, 6.45) is -4.44. The molecule has 0 fully saturated rings. The van der Waals surface area contributed by atoms with Gasteiger partial charge in [-0.05, 0) is 19.1 Å². The molecular formula is C13H15F4NO2. The van der Waals surface area contributed by atoms with Crippen LogP contribution in [-0.2, 0) is 22.3 Å². The Kier molecular flexibility index (Phi) is 5.94. The molecule has 112 valence electrons. The number of hydrogen-bond donors (Lipinski definition) is 1. The van der Waals surface area contributed by atoms with Gasteiger partial charge in [-0.25, -0.2) is 4.39 Å². The SMILES string of the molecule is CCOC(=O)CCNCc1ccc(C(F)(F)F)cc1F. The van der Waals surface area contributed by atoms with Crippen molar-refractivity contribution >= 4 is 5.97 Å². The van der Waals surface area contributed by atoms with Crippen molar-refractivity contribution in [2.45, 2.75) is 26.1 Å². The van der Waals surface area contributed by atoms with Gasteiger partial charge in [-0.15, -0.1) is 0 Å². The van der Waals surface area contributed by atoms with Crippen LogP contribution in [0.1, 0.15) is 24.5 Å². The topological polar surface area (TPSA) is 38.3 Å². The molecule has 0 saturated heterocycles. The molecule has 0 aliphatic carbocycles. The molecule has 0 bridgehead atoms. The molecule has 20 heavy (non-hydrogen) atoms.